The molecule has 4 nitrogen and oxygen atoms in total. The number of likely N-dealkylation sites (tertiary alicyclic amines) is 1. The van der Waals surface area contributed by atoms with E-state index in [1.807, 2.05) is 0 Å². The van der Waals surface area contributed by atoms with Crippen molar-refractivity contribution in [2.45, 2.75) is 52.4 Å². The van der Waals surface area contributed by atoms with Crippen LogP contribution in [0.2, 0.25) is 0 Å². The number of hydrogen-bond acceptors (Lipinski definition) is 4. The summed E-state index contributed by atoms with van der Waals surface area (Å²) in [5, 5.41) is 3.38. The molecule has 1 N–H and O–H groups in total. The van der Waals surface area contributed by atoms with Crippen molar-refractivity contribution in [3.63, 3.8) is 0 Å². The fraction of sp³-hybridized carbons (Fsp3) is 0.750. The molecule has 114 valence electrons. The van der Waals surface area contributed by atoms with Gasteiger partial charge in [-0.1, -0.05) is 6.92 Å². The van der Waals surface area contributed by atoms with E-state index in [0.717, 1.165) is 57.0 Å². The molecular formula is C16H28N2O2. The van der Waals surface area contributed by atoms with Crippen LogP contribution in [0.4, 0.5) is 0 Å². The van der Waals surface area contributed by atoms with Gasteiger partial charge in [-0.15, -0.1) is 0 Å². The number of rotatable bonds is 7. The van der Waals surface area contributed by atoms with Crippen LogP contribution in [0, 0.1) is 6.92 Å². The van der Waals surface area contributed by atoms with Gasteiger partial charge < -0.3 is 19.4 Å². The zero-order chi connectivity index (χ0) is 14.4. The minimum Gasteiger partial charge on any atom is -0.462 e. The third-order valence-electron chi connectivity index (χ3n) is 3.91. The first-order valence-electron chi connectivity index (χ1n) is 7.78. The van der Waals surface area contributed by atoms with Crippen LogP contribution in [0.1, 0.15) is 43.3 Å². The smallest absolute Gasteiger partial charge is 0.130 e. The fourth-order valence-electron chi connectivity index (χ4n) is 2.57. The Labute approximate surface area is 122 Å². The highest BCUT2D eigenvalue weighted by atomic mass is 16.5. The number of hydrogen-bond donors (Lipinski definition) is 1. The molecule has 0 aromatic carbocycles. The summed E-state index contributed by atoms with van der Waals surface area (Å²) in [5.41, 5.74) is 1.22. The van der Waals surface area contributed by atoms with Gasteiger partial charge in [-0.25, -0.2) is 0 Å². The summed E-state index contributed by atoms with van der Waals surface area (Å²) >= 11 is 0. The summed E-state index contributed by atoms with van der Waals surface area (Å²) in [6.07, 6.45) is 3.78. The molecule has 4 heteroatoms. The topological polar surface area (TPSA) is 37.6 Å². The highest BCUT2D eigenvalue weighted by Crippen LogP contribution is 2.18. The number of nitrogens with one attached hydrogen (secondary N) is 1. The van der Waals surface area contributed by atoms with Gasteiger partial charge in [0.05, 0.1) is 12.6 Å². The zero-order valence-corrected chi connectivity index (χ0v) is 13.1. The van der Waals surface area contributed by atoms with Crippen LogP contribution in [-0.4, -0.2) is 37.7 Å². The molecule has 0 radical (unpaired) electrons. The number of ether oxygens (including phenoxy) is 1. The first kappa shape index (κ1) is 15.5. The van der Waals surface area contributed by atoms with Crippen molar-refractivity contribution in [1.29, 1.82) is 0 Å². The largest absolute Gasteiger partial charge is 0.462 e. The van der Waals surface area contributed by atoms with E-state index in [2.05, 4.69) is 37.2 Å². The Balaban J connectivity index is 1.76. The third kappa shape index (κ3) is 4.62. The van der Waals surface area contributed by atoms with Crippen molar-refractivity contribution in [2.24, 2.45) is 0 Å². The van der Waals surface area contributed by atoms with Crippen molar-refractivity contribution in [2.75, 3.05) is 26.7 Å². The maximum absolute atomic E-state index is 5.97. The van der Waals surface area contributed by atoms with Crippen molar-refractivity contribution in [3.8, 4) is 0 Å². The van der Waals surface area contributed by atoms with Gasteiger partial charge in [0.25, 0.3) is 0 Å². The lowest BCUT2D eigenvalue weighted by Crippen LogP contribution is -2.34. The molecule has 1 aliphatic rings. The Morgan fingerprint density at radius 1 is 1.40 bits per heavy atom. The molecule has 1 aromatic rings. The Kier molecular flexibility index (Phi) is 6.07. The van der Waals surface area contributed by atoms with Gasteiger partial charge in [0.15, 0.2) is 0 Å². The SMILES string of the molecule is CCCNCc1oc(COC2CCN(C)CC2)cc1C. The van der Waals surface area contributed by atoms with E-state index in [4.69, 9.17) is 9.15 Å². The van der Waals surface area contributed by atoms with Crippen LogP contribution in [-0.2, 0) is 17.9 Å². The predicted octanol–water partition coefficient (Wildman–Crippen LogP) is 2.70. The second-order valence-electron chi connectivity index (χ2n) is 5.81. The summed E-state index contributed by atoms with van der Waals surface area (Å²) in [5.74, 6) is 2.00. The molecule has 20 heavy (non-hydrogen) atoms. The molecule has 1 saturated heterocycles. The van der Waals surface area contributed by atoms with Gasteiger partial charge in [0, 0.05) is 13.1 Å². The van der Waals surface area contributed by atoms with E-state index >= 15 is 0 Å². The van der Waals surface area contributed by atoms with E-state index in [0.29, 0.717) is 12.7 Å². The van der Waals surface area contributed by atoms with Gasteiger partial charge in [0.2, 0.25) is 0 Å². The number of piperidine rings is 1. The van der Waals surface area contributed by atoms with Crippen molar-refractivity contribution in [1.82, 2.24) is 10.2 Å². The Morgan fingerprint density at radius 3 is 2.85 bits per heavy atom. The van der Waals surface area contributed by atoms with Gasteiger partial charge in [-0.3, -0.25) is 0 Å². The van der Waals surface area contributed by atoms with E-state index < -0.39 is 0 Å². The van der Waals surface area contributed by atoms with Crippen LogP contribution in [0.25, 0.3) is 0 Å². The van der Waals surface area contributed by atoms with E-state index in [1.165, 1.54) is 5.56 Å². The number of furan rings is 1. The average Bonchev–Trinajstić information content (AvgIpc) is 2.79. The number of aryl methyl sites for hydroxylation is 1. The van der Waals surface area contributed by atoms with Gasteiger partial charge in [-0.2, -0.15) is 0 Å². The highest BCUT2D eigenvalue weighted by Gasteiger charge is 2.17. The molecule has 0 unspecified atom stereocenters. The normalized spacial score (nSPS) is 17.8. The molecule has 0 amide bonds. The summed E-state index contributed by atoms with van der Waals surface area (Å²) in [6, 6.07) is 2.11. The second kappa shape index (κ2) is 7.81. The van der Waals surface area contributed by atoms with Gasteiger partial charge >= 0.3 is 0 Å². The van der Waals surface area contributed by atoms with Crippen LogP contribution < -0.4 is 5.32 Å². The molecule has 0 spiro atoms. The van der Waals surface area contributed by atoms with Crippen molar-refractivity contribution in [3.05, 3.63) is 23.2 Å². The maximum atomic E-state index is 5.97. The van der Waals surface area contributed by atoms with Crippen molar-refractivity contribution >= 4 is 0 Å². The lowest BCUT2D eigenvalue weighted by Gasteiger charge is -2.28. The predicted molar refractivity (Wildman–Crippen MR) is 80.8 cm³/mol. The van der Waals surface area contributed by atoms with Crippen molar-refractivity contribution < 1.29 is 9.15 Å². The van der Waals surface area contributed by atoms with Gasteiger partial charge in [0.1, 0.15) is 18.1 Å². The molecule has 1 aliphatic heterocycles. The summed E-state index contributed by atoms with van der Waals surface area (Å²) in [7, 11) is 2.17. The molecule has 2 heterocycles. The summed E-state index contributed by atoms with van der Waals surface area (Å²) in [4.78, 5) is 2.36. The zero-order valence-electron chi connectivity index (χ0n) is 13.1. The Bertz CT molecular complexity index is 395. The van der Waals surface area contributed by atoms with E-state index in [-0.39, 0.29) is 0 Å². The molecular weight excluding hydrogens is 252 g/mol. The van der Waals surface area contributed by atoms with E-state index in [1.54, 1.807) is 0 Å². The highest BCUT2D eigenvalue weighted by molar-refractivity contribution is 5.19. The first-order valence-corrected chi connectivity index (χ1v) is 7.78. The lowest BCUT2D eigenvalue weighted by atomic mass is 10.1. The van der Waals surface area contributed by atoms with Crippen LogP contribution >= 0.6 is 0 Å². The maximum Gasteiger partial charge on any atom is 0.130 e. The molecule has 0 atom stereocenters. The van der Waals surface area contributed by atoms with Crippen LogP contribution in [0.5, 0.6) is 0 Å². The molecule has 0 bridgehead atoms. The standard InChI is InChI=1S/C16H28N2O2/c1-4-7-17-11-16-13(2)10-15(20-16)12-19-14-5-8-18(3)9-6-14/h10,14,17H,4-9,11-12H2,1-3H3. The van der Waals surface area contributed by atoms with Gasteiger partial charge in [-0.05, 0) is 51.4 Å². The summed E-state index contributed by atoms with van der Waals surface area (Å²) in [6.45, 7) is 8.98. The minimum atomic E-state index is 0.387. The fourth-order valence-corrected chi connectivity index (χ4v) is 2.57. The minimum absolute atomic E-state index is 0.387. The van der Waals surface area contributed by atoms with Crippen LogP contribution in [0.15, 0.2) is 10.5 Å². The average molecular weight is 280 g/mol. The Morgan fingerprint density at radius 2 is 2.15 bits per heavy atom. The van der Waals surface area contributed by atoms with E-state index in [9.17, 15) is 0 Å². The third-order valence-corrected chi connectivity index (χ3v) is 3.91. The molecule has 2 rings (SSSR count). The number of nitrogens with zero attached hydrogens (tertiary/aromatic N) is 1. The quantitative estimate of drug-likeness (QED) is 0.779. The van der Waals surface area contributed by atoms with Crippen LogP contribution in [0.3, 0.4) is 0 Å². The molecule has 0 saturated carbocycles. The first-order chi connectivity index (χ1) is 9.69. The Hall–Kier alpha value is -0.840. The molecule has 0 aliphatic carbocycles. The molecule has 1 aromatic heterocycles. The monoisotopic (exact) mass is 280 g/mol. The second-order valence-corrected chi connectivity index (χ2v) is 5.81. The molecule has 1 fully saturated rings. The lowest BCUT2D eigenvalue weighted by molar-refractivity contribution is -0.00512. The summed E-state index contributed by atoms with van der Waals surface area (Å²) < 4.78 is 11.8.